The molecule has 45 heavy (non-hydrogen) atoms. The zero-order valence-corrected chi connectivity index (χ0v) is 25.0. The number of phenolic OH excluding ortho intramolecular Hbond substituents is 2. The molecule has 11 heteroatoms. The molecule has 11 nitrogen and oxygen atoms in total. The number of carbonyl (C=O) groups excluding carboxylic acids is 3. The minimum absolute atomic E-state index is 0.0189. The Labute approximate surface area is 258 Å². The lowest BCUT2D eigenvalue weighted by atomic mass is 9.72. The van der Waals surface area contributed by atoms with E-state index in [1.807, 2.05) is 30.3 Å². The molecule has 1 fully saturated rings. The highest BCUT2D eigenvalue weighted by molar-refractivity contribution is 6.31. The van der Waals surface area contributed by atoms with Crippen LogP contribution in [0.15, 0.2) is 48.5 Å². The van der Waals surface area contributed by atoms with Crippen LogP contribution in [0.2, 0.25) is 0 Å². The van der Waals surface area contributed by atoms with Gasteiger partial charge in [0.05, 0.1) is 48.7 Å². The first-order chi connectivity index (χ1) is 21.4. The number of benzene rings is 3. The quantitative estimate of drug-likeness (QED) is 0.224. The highest BCUT2D eigenvalue weighted by Gasteiger charge is 2.49. The Morgan fingerprint density at radius 3 is 2.38 bits per heavy atom. The van der Waals surface area contributed by atoms with Crippen LogP contribution in [-0.2, 0) is 32.0 Å². The number of rotatable bonds is 7. The molecule has 236 valence electrons. The van der Waals surface area contributed by atoms with Gasteiger partial charge in [0.15, 0.2) is 17.9 Å². The number of carbonyl (C=O) groups is 3. The van der Waals surface area contributed by atoms with Gasteiger partial charge in [-0.3, -0.25) is 14.4 Å². The maximum Gasteiger partial charge on any atom is 0.202 e. The summed E-state index contributed by atoms with van der Waals surface area (Å²) in [6, 6.07) is 13.9. The molecular formula is C34H34O11. The normalized spacial score (nSPS) is 27.4. The predicted octanol–water partition coefficient (Wildman–Crippen LogP) is 3.29. The van der Waals surface area contributed by atoms with E-state index >= 15 is 0 Å². The maximum absolute atomic E-state index is 13.8. The number of phenols is 2. The van der Waals surface area contributed by atoms with Crippen molar-refractivity contribution < 1.29 is 53.8 Å². The molecule has 1 aliphatic heterocycles. The number of fused-ring (bicyclic) bond motifs is 3. The molecule has 6 rings (SSSR count). The molecule has 3 aliphatic rings. The summed E-state index contributed by atoms with van der Waals surface area (Å²) in [5.74, 6) is -3.22. The lowest BCUT2D eigenvalue weighted by Gasteiger charge is -2.42. The number of aliphatic hydroxyl groups is 2. The molecule has 2 aliphatic carbocycles. The van der Waals surface area contributed by atoms with Gasteiger partial charge < -0.3 is 39.4 Å². The molecule has 0 spiro atoms. The van der Waals surface area contributed by atoms with Gasteiger partial charge in [-0.25, -0.2) is 0 Å². The first-order valence-corrected chi connectivity index (χ1v) is 14.7. The van der Waals surface area contributed by atoms with Gasteiger partial charge in [0.2, 0.25) is 5.78 Å². The Morgan fingerprint density at radius 1 is 1.00 bits per heavy atom. The van der Waals surface area contributed by atoms with Crippen molar-refractivity contribution in [1.29, 1.82) is 0 Å². The van der Waals surface area contributed by atoms with E-state index in [0.717, 1.165) is 5.56 Å². The van der Waals surface area contributed by atoms with Crippen molar-refractivity contribution in [2.75, 3.05) is 7.11 Å². The van der Waals surface area contributed by atoms with Gasteiger partial charge in [-0.2, -0.15) is 0 Å². The number of hydrogen-bond acceptors (Lipinski definition) is 11. The van der Waals surface area contributed by atoms with Gasteiger partial charge in [-0.1, -0.05) is 42.5 Å². The van der Waals surface area contributed by atoms with Crippen molar-refractivity contribution in [2.45, 2.75) is 76.0 Å². The predicted molar refractivity (Wildman–Crippen MR) is 157 cm³/mol. The summed E-state index contributed by atoms with van der Waals surface area (Å²) >= 11 is 0. The average molecular weight is 619 g/mol. The van der Waals surface area contributed by atoms with Crippen molar-refractivity contribution in [3.63, 3.8) is 0 Å². The number of ether oxygens (including phenoxy) is 4. The van der Waals surface area contributed by atoms with Crippen LogP contribution in [-0.4, -0.2) is 75.1 Å². The van der Waals surface area contributed by atoms with Crippen LogP contribution in [0.5, 0.6) is 17.2 Å². The summed E-state index contributed by atoms with van der Waals surface area (Å²) in [6.45, 7) is 3.15. The Balaban J connectivity index is 1.35. The minimum Gasteiger partial charge on any atom is -0.507 e. The summed E-state index contributed by atoms with van der Waals surface area (Å²) in [6.07, 6.45) is -5.49. The molecule has 4 N–H and O–H groups in total. The van der Waals surface area contributed by atoms with E-state index in [2.05, 4.69) is 0 Å². The van der Waals surface area contributed by atoms with Crippen molar-refractivity contribution >= 4 is 17.3 Å². The van der Waals surface area contributed by atoms with Gasteiger partial charge in [0, 0.05) is 36.0 Å². The van der Waals surface area contributed by atoms with E-state index in [1.54, 1.807) is 6.92 Å². The van der Waals surface area contributed by atoms with Gasteiger partial charge >= 0.3 is 0 Å². The first-order valence-electron chi connectivity index (χ1n) is 14.7. The maximum atomic E-state index is 13.8. The third-order valence-corrected chi connectivity index (χ3v) is 8.97. The van der Waals surface area contributed by atoms with E-state index in [1.165, 1.54) is 32.2 Å². The fourth-order valence-corrected chi connectivity index (χ4v) is 6.60. The van der Waals surface area contributed by atoms with Crippen molar-refractivity contribution in [1.82, 2.24) is 0 Å². The highest BCUT2D eigenvalue weighted by Crippen LogP contribution is 2.52. The number of aliphatic hydroxyl groups excluding tert-OH is 1. The molecule has 5 unspecified atom stereocenters. The number of ketones is 3. The van der Waals surface area contributed by atoms with Gasteiger partial charge in [-0.05, 0) is 25.5 Å². The summed E-state index contributed by atoms with van der Waals surface area (Å²) in [5.41, 5.74) is -2.19. The summed E-state index contributed by atoms with van der Waals surface area (Å²) in [7, 11) is 1.34. The topological polar surface area (TPSA) is 169 Å². The van der Waals surface area contributed by atoms with Crippen LogP contribution >= 0.6 is 0 Å². The number of Topliss-reactive ketones (excluding diaryl/α,β-unsaturated/α-hetero) is 1. The van der Waals surface area contributed by atoms with Crippen molar-refractivity contribution in [2.24, 2.45) is 0 Å². The minimum atomic E-state index is -2.03. The second kappa shape index (κ2) is 11.7. The second-order valence-corrected chi connectivity index (χ2v) is 11.8. The number of hydrogen-bond donors (Lipinski definition) is 4. The fourth-order valence-electron chi connectivity index (χ4n) is 6.60. The fraction of sp³-hybridized carbons (Fsp3) is 0.382. The monoisotopic (exact) mass is 618 g/mol. The molecule has 3 aromatic carbocycles. The Hall–Kier alpha value is -4.13. The Morgan fingerprint density at radius 2 is 1.71 bits per heavy atom. The lowest BCUT2D eigenvalue weighted by Crippen LogP contribution is -2.50. The van der Waals surface area contributed by atoms with Crippen LogP contribution in [0.25, 0.3) is 0 Å². The van der Waals surface area contributed by atoms with E-state index in [0.29, 0.717) is 0 Å². The summed E-state index contributed by atoms with van der Waals surface area (Å²) in [5, 5.41) is 45.5. The van der Waals surface area contributed by atoms with Crippen LogP contribution < -0.4 is 4.74 Å². The molecule has 1 saturated heterocycles. The Kier molecular flexibility index (Phi) is 8.00. The second-order valence-electron chi connectivity index (χ2n) is 11.8. The van der Waals surface area contributed by atoms with Crippen LogP contribution in [0.3, 0.4) is 0 Å². The van der Waals surface area contributed by atoms with E-state index in [9.17, 15) is 34.8 Å². The molecule has 0 radical (unpaired) electrons. The molecule has 1 heterocycles. The molecule has 3 aromatic rings. The highest BCUT2D eigenvalue weighted by atomic mass is 16.7. The van der Waals surface area contributed by atoms with Crippen molar-refractivity contribution in [3.05, 3.63) is 87.5 Å². The molecule has 0 saturated carbocycles. The zero-order chi connectivity index (χ0) is 32.2. The van der Waals surface area contributed by atoms with Gasteiger partial charge in [0.1, 0.15) is 29.0 Å². The smallest absolute Gasteiger partial charge is 0.202 e. The van der Waals surface area contributed by atoms with Gasteiger partial charge in [0.25, 0.3) is 0 Å². The van der Waals surface area contributed by atoms with Crippen LogP contribution in [0.4, 0.5) is 0 Å². The molecular weight excluding hydrogens is 584 g/mol. The number of methoxy groups -OCH3 is 1. The molecule has 0 bridgehead atoms. The third-order valence-electron chi connectivity index (χ3n) is 8.97. The lowest BCUT2D eigenvalue weighted by molar-refractivity contribution is -0.274. The molecule has 0 aromatic heterocycles. The van der Waals surface area contributed by atoms with E-state index in [-0.39, 0.29) is 47.5 Å². The standard InChI is InChI=1S/C34H34O11/c1-16-33(43-15-18-8-5-4-6-9-18)21(36)12-24(44-16)45-23-14-34(41,17(2)35)13-20-26(23)32(40)28-27(30(20)38)29(37)19-10-7-11-22(42-3)25(19)31(28)39/h4-11,16,21,23-24,33,36,38,40-41H,12-15H2,1-3H3/t16?,21?,23-,24?,33?,34?/m1/s1. The Bertz CT molecular complexity index is 1670. The number of aromatic hydroxyl groups is 2. The van der Waals surface area contributed by atoms with Crippen LogP contribution in [0.1, 0.15) is 81.3 Å². The zero-order valence-electron chi connectivity index (χ0n) is 25.0. The summed E-state index contributed by atoms with van der Waals surface area (Å²) < 4.78 is 23.5. The average Bonchev–Trinajstić information content (AvgIpc) is 3.01. The first kappa shape index (κ1) is 30.9. The van der Waals surface area contributed by atoms with Crippen molar-refractivity contribution in [3.8, 4) is 17.2 Å². The largest absolute Gasteiger partial charge is 0.507 e. The van der Waals surface area contributed by atoms with E-state index in [4.69, 9.17) is 18.9 Å². The van der Waals surface area contributed by atoms with E-state index < -0.39 is 82.7 Å². The van der Waals surface area contributed by atoms with Gasteiger partial charge in [-0.15, -0.1) is 0 Å². The summed E-state index contributed by atoms with van der Waals surface area (Å²) in [4.78, 5) is 40.1. The third kappa shape index (κ3) is 5.20. The van der Waals surface area contributed by atoms with Crippen LogP contribution in [0, 0.1) is 0 Å². The molecule has 6 atom stereocenters. The molecule has 0 amide bonds. The SMILES string of the molecule is COc1cccc2c1C(=O)c1c(O)c3c(c(O)c1C2=O)CC(O)(C(C)=O)C[C@H]3OC1CC(O)C(OCc2ccccc2)C(C)O1.